The van der Waals surface area contributed by atoms with Crippen LogP contribution in [-0.4, -0.2) is 59.0 Å². The van der Waals surface area contributed by atoms with Crippen molar-refractivity contribution in [3.63, 3.8) is 0 Å². The van der Waals surface area contributed by atoms with Crippen LogP contribution in [-0.2, 0) is 9.47 Å². The van der Waals surface area contributed by atoms with Crippen molar-refractivity contribution in [2.45, 2.75) is 25.6 Å². The lowest BCUT2D eigenvalue weighted by atomic mass is 10.0. The zero-order valence-corrected chi connectivity index (χ0v) is 21.8. The third kappa shape index (κ3) is 4.76. The van der Waals surface area contributed by atoms with Crippen molar-refractivity contribution >= 4 is 51.9 Å². The van der Waals surface area contributed by atoms with E-state index in [-0.39, 0.29) is 11.8 Å². The molecule has 2 saturated heterocycles. The van der Waals surface area contributed by atoms with E-state index in [1.54, 1.807) is 6.07 Å². The summed E-state index contributed by atoms with van der Waals surface area (Å²) in [4.78, 5) is 29.0. The smallest absolute Gasteiger partial charge is 0.266 e. The Hall–Kier alpha value is -3.79. The number of thiophene rings is 1. The molecule has 2 fully saturated rings. The Morgan fingerprint density at radius 3 is 2.63 bits per heavy atom. The molecule has 0 radical (unpaired) electrons. The van der Waals surface area contributed by atoms with Gasteiger partial charge in [0.1, 0.15) is 0 Å². The van der Waals surface area contributed by atoms with Crippen LogP contribution < -0.4 is 5.32 Å². The van der Waals surface area contributed by atoms with E-state index in [9.17, 15) is 9.59 Å². The molecule has 0 aliphatic carbocycles. The molecule has 2 aliphatic heterocycles. The van der Waals surface area contributed by atoms with Gasteiger partial charge in [0.15, 0.2) is 5.79 Å². The second kappa shape index (κ2) is 10.2. The van der Waals surface area contributed by atoms with Crippen LogP contribution >= 0.6 is 11.3 Å². The van der Waals surface area contributed by atoms with Crippen LogP contribution in [0.25, 0.3) is 23.1 Å². The number of aryl methyl sites for hydroxylation is 1. The van der Waals surface area contributed by atoms with Gasteiger partial charge in [-0.2, -0.15) is 5.10 Å². The lowest BCUT2D eigenvalue weighted by molar-refractivity contribution is -0.181. The number of nitrogens with one attached hydrogen (secondary N) is 2. The molecule has 4 heterocycles. The zero-order chi connectivity index (χ0) is 26.1. The van der Waals surface area contributed by atoms with Gasteiger partial charge in [-0.3, -0.25) is 14.7 Å². The molecule has 2 aromatic carbocycles. The number of hydrogen-bond acceptors (Lipinski definition) is 6. The molecule has 6 rings (SSSR count). The van der Waals surface area contributed by atoms with E-state index in [1.807, 2.05) is 71.8 Å². The number of para-hydroxylation sites is 1. The normalized spacial score (nSPS) is 17.0. The number of fused-ring (bicyclic) bond motifs is 1. The second-order valence-corrected chi connectivity index (χ2v) is 10.5. The van der Waals surface area contributed by atoms with Crippen molar-refractivity contribution in [1.82, 2.24) is 15.1 Å². The Bertz CT molecular complexity index is 1520. The first-order valence-corrected chi connectivity index (χ1v) is 13.6. The summed E-state index contributed by atoms with van der Waals surface area (Å²) in [6, 6.07) is 15.3. The van der Waals surface area contributed by atoms with Crippen LogP contribution in [0.2, 0.25) is 0 Å². The Labute approximate surface area is 224 Å². The van der Waals surface area contributed by atoms with Gasteiger partial charge in [0.25, 0.3) is 11.8 Å². The molecule has 4 aromatic rings. The SMILES string of the molecule is Cc1ccsc1C(=O)Nc1cc(C(=O)N2CCC3(CC2)OCCO3)ccc1/C=C/c1n[nH]c2ccccc12. The highest BCUT2D eigenvalue weighted by molar-refractivity contribution is 7.12. The quantitative estimate of drug-likeness (QED) is 0.365. The van der Waals surface area contributed by atoms with Crippen LogP contribution in [0.5, 0.6) is 0 Å². The molecule has 0 atom stereocenters. The number of amides is 2. The number of piperidine rings is 1. The molecule has 2 aromatic heterocycles. The highest BCUT2D eigenvalue weighted by Crippen LogP contribution is 2.32. The first-order valence-electron chi connectivity index (χ1n) is 12.7. The van der Waals surface area contributed by atoms with Crippen molar-refractivity contribution < 1.29 is 19.1 Å². The first-order chi connectivity index (χ1) is 18.5. The maximum Gasteiger partial charge on any atom is 0.266 e. The zero-order valence-electron chi connectivity index (χ0n) is 21.0. The number of aromatic amines is 1. The minimum atomic E-state index is -0.542. The topological polar surface area (TPSA) is 96.6 Å². The third-order valence-corrected chi connectivity index (χ3v) is 8.18. The van der Waals surface area contributed by atoms with Crippen LogP contribution in [0, 0.1) is 6.92 Å². The molecular formula is C29H28N4O4S. The number of ether oxygens (including phenoxy) is 2. The van der Waals surface area contributed by atoms with E-state index in [0.717, 1.165) is 27.7 Å². The second-order valence-electron chi connectivity index (χ2n) is 9.58. The number of H-pyrrole nitrogens is 1. The van der Waals surface area contributed by atoms with E-state index in [0.29, 0.717) is 55.3 Å². The average Bonchev–Trinajstić information content (AvgIpc) is 3.68. The average molecular weight is 529 g/mol. The van der Waals surface area contributed by atoms with E-state index >= 15 is 0 Å². The van der Waals surface area contributed by atoms with E-state index in [1.165, 1.54) is 11.3 Å². The van der Waals surface area contributed by atoms with Gasteiger partial charge in [0.2, 0.25) is 0 Å². The number of carbonyl (C=O) groups is 2. The summed E-state index contributed by atoms with van der Waals surface area (Å²) in [7, 11) is 0. The fourth-order valence-corrected chi connectivity index (χ4v) is 5.85. The molecule has 0 unspecified atom stereocenters. The summed E-state index contributed by atoms with van der Waals surface area (Å²) >= 11 is 1.39. The van der Waals surface area contributed by atoms with E-state index < -0.39 is 5.79 Å². The summed E-state index contributed by atoms with van der Waals surface area (Å²) in [6.45, 7) is 4.23. The van der Waals surface area contributed by atoms with Crippen molar-refractivity contribution in [3.05, 3.63) is 81.2 Å². The van der Waals surface area contributed by atoms with Gasteiger partial charge in [-0.1, -0.05) is 30.3 Å². The summed E-state index contributed by atoms with van der Waals surface area (Å²) in [6.07, 6.45) is 5.12. The fraction of sp³-hybridized carbons (Fsp3) is 0.276. The number of nitrogens with zero attached hydrogens (tertiary/aromatic N) is 2. The number of benzene rings is 2. The molecular weight excluding hydrogens is 500 g/mol. The summed E-state index contributed by atoms with van der Waals surface area (Å²) in [5, 5.41) is 13.4. The first kappa shape index (κ1) is 24.5. The lowest BCUT2D eigenvalue weighted by Crippen LogP contribution is -2.47. The molecule has 2 N–H and O–H groups in total. The fourth-order valence-electron chi connectivity index (χ4n) is 5.03. The largest absolute Gasteiger partial charge is 0.347 e. The van der Waals surface area contributed by atoms with Gasteiger partial charge >= 0.3 is 0 Å². The van der Waals surface area contributed by atoms with Gasteiger partial charge in [-0.25, -0.2) is 0 Å². The van der Waals surface area contributed by atoms with Crippen molar-refractivity contribution in [2.24, 2.45) is 0 Å². The molecule has 0 saturated carbocycles. The Morgan fingerprint density at radius 1 is 1.08 bits per heavy atom. The summed E-state index contributed by atoms with van der Waals surface area (Å²) in [5.41, 5.74) is 4.53. The van der Waals surface area contributed by atoms with Crippen molar-refractivity contribution in [1.29, 1.82) is 0 Å². The van der Waals surface area contributed by atoms with Gasteiger partial charge in [0, 0.05) is 42.6 Å². The number of hydrogen-bond donors (Lipinski definition) is 2. The predicted octanol–water partition coefficient (Wildman–Crippen LogP) is 5.33. The van der Waals surface area contributed by atoms with Gasteiger partial charge in [-0.05, 0) is 53.8 Å². The highest BCUT2D eigenvalue weighted by Gasteiger charge is 2.40. The van der Waals surface area contributed by atoms with Gasteiger partial charge in [0.05, 0.1) is 29.3 Å². The van der Waals surface area contributed by atoms with Gasteiger partial charge in [-0.15, -0.1) is 11.3 Å². The maximum absolute atomic E-state index is 13.4. The van der Waals surface area contributed by atoms with Crippen LogP contribution in [0.1, 0.15) is 49.7 Å². The Morgan fingerprint density at radius 2 is 1.87 bits per heavy atom. The Balaban J connectivity index is 1.28. The van der Waals surface area contributed by atoms with Crippen LogP contribution in [0.15, 0.2) is 53.9 Å². The molecule has 38 heavy (non-hydrogen) atoms. The number of likely N-dealkylation sites (tertiary alicyclic amines) is 1. The molecule has 9 heteroatoms. The highest BCUT2D eigenvalue weighted by atomic mass is 32.1. The predicted molar refractivity (Wildman–Crippen MR) is 148 cm³/mol. The third-order valence-electron chi connectivity index (χ3n) is 7.16. The minimum absolute atomic E-state index is 0.0746. The van der Waals surface area contributed by atoms with Crippen LogP contribution in [0.3, 0.4) is 0 Å². The number of carbonyl (C=O) groups excluding carboxylic acids is 2. The van der Waals surface area contributed by atoms with E-state index in [4.69, 9.17) is 9.47 Å². The monoisotopic (exact) mass is 528 g/mol. The summed E-state index contributed by atoms with van der Waals surface area (Å²) in [5.74, 6) is -0.813. The van der Waals surface area contributed by atoms with Crippen molar-refractivity contribution in [3.8, 4) is 0 Å². The summed E-state index contributed by atoms with van der Waals surface area (Å²) < 4.78 is 11.6. The Kier molecular flexibility index (Phi) is 6.57. The van der Waals surface area contributed by atoms with E-state index in [2.05, 4.69) is 15.5 Å². The van der Waals surface area contributed by atoms with Crippen molar-refractivity contribution in [2.75, 3.05) is 31.6 Å². The molecule has 2 aliphatic rings. The molecule has 194 valence electrons. The molecule has 0 bridgehead atoms. The lowest BCUT2D eigenvalue weighted by Gasteiger charge is -2.37. The molecule has 8 nitrogen and oxygen atoms in total. The van der Waals surface area contributed by atoms with Crippen LogP contribution in [0.4, 0.5) is 5.69 Å². The minimum Gasteiger partial charge on any atom is -0.347 e. The number of anilines is 1. The number of rotatable bonds is 5. The number of aromatic nitrogens is 2. The van der Waals surface area contributed by atoms with Gasteiger partial charge < -0.3 is 19.7 Å². The maximum atomic E-state index is 13.4. The standard InChI is InChI=1S/C29H28N4O4S/c1-19-10-17-38-26(19)27(34)30-25-18-21(28(35)33-13-11-29(12-14-33)36-15-16-37-29)7-6-20(25)8-9-24-22-4-2-3-5-23(22)31-32-24/h2-10,17-18H,11-16H2,1H3,(H,30,34)(H,31,32)/b9-8+. The molecule has 2 amide bonds. The molecule has 1 spiro atoms.